The number of carboxylic acid groups (broad SMARTS) is 1. The van der Waals surface area contributed by atoms with Gasteiger partial charge in [0.25, 0.3) is 0 Å². The van der Waals surface area contributed by atoms with E-state index in [9.17, 15) is 4.79 Å². The van der Waals surface area contributed by atoms with Crippen molar-refractivity contribution < 1.29 is 9.90 Å². The molecule has 1 aliphatic heterocycles. The fraction of sp³-hybridized carbons (Fsp3) is 0.600. The van der Waals surface area contributed by atoms with Gasteiger partial charge >= 0.3 is 5.97 Å². The highest BCUT2D eigenvalue weighted by Gasteiger charge is 2.20. The van der Waals surface area contributed by atoms with Crippen molar-refractivity contribution in [3.05, 3.63) is 17.7 Å². The summed E-state index contributed by atoms with van der Waals surface area (Å²) in [6.45, 7) is 0. The standard InChI is InChI=1S/C10H14N2O2S/c13-9(14)2-1-8-5-11-10(12-8)7-3-4-15-6-7/h5,7H,1-4,6H2,(H,11,12)(H,13,14). The molecule has 1 aromatic rings. The summed E-state index contributed by atoms with van der Waals surface area (Å²) in [5.41, 5.74) is 0.935. The van der Waals surface area contributed by atoms with Crippen LogP contribution in [0.4, 0.5) is 0 Å². The molecule has 0 aromatic carbocycles. The van der Waals surface area contributed by atoms with E-state index >= 15 is 0 Å². The van der Waals surface area contributed by atoms with Crippen molar-refractivity contribution in [3.63, 3.8) is 0 Å². The van der Waals surface area contributed by atoms with E-state index in [0.717, 1.165) is 17.3 Å². The molecule has 1 aromatic heterocycles. The van der Waals surface area contributed by atoms with Crippen LogP contribution in [-0.2, 0) is 11.2 Å². The van der Waals surface area contributed by atoms with Crippen LogP contribution in [0, 0.1) is 0 Å². The summed E-state index contributed by atoms with van der Waals surface area (Å²) in [5, 5.41) is 8.56. The summed E-state index contributed by atoms with van der Waals surface area (Å²) < 4.78 is 0. The maximum absolute atomic E-state index is 10.4. The number of H-pyrrole nitrogens is 1. The molecule has 1 fully saturated rings. The van der Waals surface area contributed by atoms with E-state index in [-0.39, 0.29) is 6.42 Å². The van der Waals surface area contributed by atoms with E-state index in [0.29, 0.717) is 12.3 Å². The number of nitrogens with one attached hydrogen (secondary N) is 1. The van der Waals surface area contributed by atoms with Crippen LogP contribution >= 0.6 is 11.8 Å². The van der Waals surface area contributed by atoms with Gasteiger partial charge in [0.15, 0.2) is 0 Å². The lowest BCUT2D eigenvalue weighted by molar-refractivity contribution is -0.136. The first-order valence-electron chi connectivity index (χ1n) is 5.09. The number of hydrogen-bond acceptors (Lipinski definition) is 3. The van der Waals surface area contributed by atoms with E-state index in [4.69, 9.17) is 5.11 Å². The van der Waals surface area contributed by atoms with Gasteiger partial charge in [-0.3, -0.25) is 4.79 Å². The molecule has 0 bridgehead atoms. The molecule has 0 aliphatic carbocycles. The largest absolute Gasteiger partial charge is 0.481 e. The highest BCUT2D eigenvalue weighted by Crippen LogP contribution is 2.30. The molecular weight excluding hydrogens is 212 g/mol. The molecule has 1 unspecified atom stereocenters. The fourth-order valence-corrected chi connectivity index (χ4v) is 2.93. The third-order valence-electron chi connectivity index (χ3n) is 2.57. The van der Waals surface area contributed by atoms with Crippen LogP contribution in [0.3, 0.4) is 0 Å². The second kappa shape index (κ2) is 4.70. The number of carbonyl (C=O) groups is 1. The van der Waals surface area contributed by atoms with Crippen molar-refractivity contribution in [1.29, 1.82) is 0 Å². The lowest BCUT2D eigenvalue weighted by atomic mass is 10.1. The van der Waals surface area contributed by atoms with Crippen LogP contribution in [0.1, 0.15) is 30.3 Å². The van der Waals surface area contributed by atoms with E-state index < -0.39 is 5.97 Å². The number of carboxylic acids is 1. The van der Waals surface area contributed by atoms with Gasteiger partial charge in [-0.25, -0.2) is 4.98 Å². The van der Waals surface area contributed by atoms with Gasteiger partial charge in [-0.15, -0.1) is 0 Å². The molecule has 0 spiro atoms. The molecule has 1 saturated heterocycles. The molecule has 5 heteroatoms. The van der Waals surface area contributed by atoms with Crippen LogP contribution in [0.2, 0.25) is 0 Å². The Labute approximate surface area is 92.5 Å². The molecular formula is C10H14N2O2S. The normalized spacial score (nSPS) is 20.7. The Bertz CT molecular complexity index is 345. The van der Waals surface area contributed by atoms with Crippen LogP contribution in [0.5, 0.6) is 0 Å². The smallest absolute Gasteiger partial charge is 0.303 e. The van der Waals surface area contributed by atoms with Gasteiger partial charge in [0.05, 0.1) is 6.42 Å². The second-order valence-electron chi connectivity index (χ2n) is 3.75. The molecule has 2 heterocycles. The number of hydrogen-bond donors (Lipinski definition) is 2. The number of nitrogens with zero attached hydrogens (tertiary/aromatic N) is 1. The zero-order valence-electron chi connectivity index (χ0n) is 8.40. The zero-order chi connectivity index (χ0) is 10.7. The molecule has 1 aliphatic rings. The first-order valence-corrected chi connectivity index (χ1v) is 6.24. The van der Waals surface area contributed by atoms with Crippen LogP contribution in [0.15, 0.2) is 6.20 Å². The van der Waals surface area contributed by atoms with Crippen molar-refractivity contribution >= 4 is 17.7 Å². The summed E-state index contributed by atoms with van der Waals surface area (Å²) in [6, 6.07) is 0. The van der Waals surface area contributed by atoms with Gasteiger partial charge in [-0.1, -0.05) is 0 Å². The number of imidazole rings is 1. The number of rotatable bonds is 4. The summed E-state index contributed by atoms with van der Waals surface area (Å²) in [4.78, 5) is 17.9. The third kappa shape index (κ3) is 2.75. The van der Waals surface area contributed by atoms with Gasteiger partial charge < -0.3 is 10.1 Å². The Morgan fingerprint density at radius 2 is 2.60 bits per heavy atom. The lowest BCUT2D eigenvalue weighted by Crippen LogP contribution is -2.00. The fourth-order valence-electron chi connectivity index (χ4n) is 1.70. The van der Waals surface area contributed by atoms with Crippen molar-refractivity contribution in [2.75, 3.05) is 11.5 Å². The van der Waals surface area contributed by atoms with Gasteiger partial charge in [-0.05, 0) is 18.6 Å². The minimum absolute atomic E-state index is 0.168. The lowest BCUT2D eigenvalue weighted by Gasteiger charge is -2.02. The van der Waals surface area contributed by atoms with Crippen LogP contribution in [0.25, 0.3) is 0 Å². The molecule has 0 amide bonds. The minimum Gasteiger partial charge on any atom is -0.481 e. The van der Waals surface area contributed by atoms with Crippen molar-refractivity contribution in [2.45, 2.75) is 25.2 Å². The van der Waals surface area contributed by atoms with Gasteiger partial charge in [0, 0.05) is 23.6 Å². The van der Waals surface area contributed by atoms with Gasteiger partial charge in [0.2, 0.25) is 0 Å². The van der Waals surface area contributed by atoms with E-state index in [1.807, 2.05) is 11.8 Å². The minimum atomic E-state index is -0.762. The summed E-state index contributed by atoms with van der Waals surface area (Å²) >= 11 is 1.95. The third-order valence-corrected chi connectivity index (χ3v) is 3.74. The quantitative estimate of drug-likeness (QED) is 0.819. The maximum Gasteiger partial charge on any atom is 0.303 e. The second-order valence-corrected chi connectivity index (χ2v) is 4.90. The van der Waals surface area contributed by atoms with E-state index in [1.165, 1.54) is 12.2 Å². The zero-order valence-corrected chi connectivity index (χ0v) is 9.22. The Balaban J connectivity index is 1.94. The molecule has 2 rings (SSSR count). The summed E-state index contributed by atoms with van der Waals surface area (Å²) in [5.74, 6) is 3.14. The predicted octanol–water partition coefficient (Wildman–Crippen LogP) is 1.65. The average molecular weight is 226 g/mol. The highest BCUT2D eigenvalue weighted by atomic mass is 32.2. The summed E-state index contributed by atoms with van der Waals surface area (Å²) in [6.07, 6.45) is 3.65. The summed E-state index contributed by atoms with van der Waals surface area (Å²) in [7, 11) is 0. The number of thioether (sulfide) groups is 1. The molecule has 1 atom stereocenters. The van der Waals surface area contributed by atoms with Crippen LogP contribution < -0.4 is 0 Å². The number of aliphatic carboxylic acids is 1. The number of aromatic nitrogens is 2. The SMILES string of the molecule is O=C(O)CCc1cnc(C2CCSC2)[nH]1. The number of aromatic amines is 1. The Hall–Kier alpha value is -0.970. The Morgan fingerprint density at radius 3 is 3.27 bits per heavy atom. The van der Waals surface area contributed by atoms with Crippen LogP contribution in [-0.4, -0.2) is 32.5 Å². The molecule has 0 saturated carbocycles. The van der Waals surface area contributed by atoms with Gasteiger partial charge in [0.1, 0.15) is 5.82 Å². The van der Waals surface area contributed by atoms with Gasteiger partial charge in [-0.2, -0.15) is 11.8 Å². The maximum atomic E-state index is 10.4. The predicted molar refractivity (Wildman–Crippen MR) is 59.2 cm³/mol. The molecule has 15 heavy (non-hydrogen) atoms. The monoisotopic (exact) mass is 226 g/mol. The molecule has 4 nitrogen and oxygen atoms in total. The van der Waals surface area contributed by atoms with Crippen molar-refractivity contribution in [2.24, 2.45) is 0 Å². The molecule has 82 valence electrons. The van der Waals surface area contributed by atoms with E-state index in [1.54, 1.807) is 6.20 Å². The Morgan fingerprint density at radius 1 is 1.73 bits per heavy atom. The van der Waals surface area contributed by atoms with Crippen molar-refractivity contribution in [1.82, 2.24) is 9.97 Å². The topological polar surface area (TPSA) is 66.0 Å². The van der Waals surface area contributed by atoms with Crippen molar-refractivity contribution in [3.8, 4) is 0 Å². The molecule has 2 N–H and O–H groups in total. The highest BCUT2D eigenvalue weighted by molar-refractivity contribution is 7.99. The number of aryl methyl sites for hydroxylation is 1. The molecule has 0 radical (unpaired) electrons. The van der Waals surface area contributed by atoms with E-state index in [2.05, 4.69) is 9.97 Å². The first kappa shape index (κ1) is 10.5. The first-order chi connectivity index (χ1) is 7.25. The Kier molecular flexibility index (Phi) is 3.30. The average Bonchev–Trinajstić information content (AvgIpc) is 2.85.